The Morgan fingerprint density at radius 3 is 2.56 bits per heavy atom. The van der Waals surface area contributed by atoms with Gasteiger partial charge in [0.15, 0.2) is 0 Å². The molecule has 0 amide bonds. The number of hydrogen-bond acceptors (Lipinski definition) is 2. The van der Waals surface area contributed by atoms with E-state index in [1.807, 2.05) is 6.20 Å². The van der Waals surface area contributed by atoms with E-state index >= 15 is 0 Å². The first-order valence-corrected chi connectivity index (χ1v) is 7.56. The highest BCUT2D eigenvalue weighted by atomic mass is 79.9. The number of rotatable bonds is 6. The van der Waals surface area contributed by atoms with Crippen LogP contribution in [0.25, 0.3) is 0 Å². The van der Waals surface area contributed by atoms with Crippen molar-refractivity contribution >= 4 is 15.9 Å². The second-order valence-electron chi connectivity index (χ2n) is 5.88. The maximum absolute atomic E-state index is 4.44. The zero-order valence-corrected chi connectivity index (χ0v) is 13.5. The summed E-state index contributed by atoms with van der Waals surface area (Å²) < 4.78 is 1.04. The molecule has 0 aliphatic rings. The SMILES string of the molecule is CCCNC(CCc1ccc(Br)cn1)C(C)(C)C. The van der Waals surface area contributed by atoms with Gasteiger partial charge in [0.25, 0.3) is 0 Å². The Morgan fingerprint density at radius 1 is 1.33 bits per heavy atom. The summed E-state index contributed by atoms with van der Waals surface area (Å²) in [5.41, 5.74) is 1.47. The molecule has 0 radical (unpaired) electrons. The summed E-state index contributed by atoms with van der Waals surface area (Å²) in [5.74, 6) is 0. The average molecular weight is 313 g/mol. The van der Waals surface area contributed by atoms with Crippen molar-refractivity contribution in [1.29, 1.82) is 0 Å². The lowest BCUT2D eigenvalue weighted by Gasteiger charge is -2.31. The van der Waals surface area contributed by atoms with E-state index < -0.39 is 0 Å². The molecule has 18 heavy (non-hydrogen) atoms. The second kappa shape index (κ2) is 7.25. The molecule has 102 valence electrons. The molecule has 0 bridgehead atoms. The van der Waals surface area contributed by atoms with Gasteiger partial charge in [0.2, 0.25) is 0 Å². The van der Waals surface area contributed by atoms with Gasteiger partial charge in [-0.1, -0.05) is 27.7 Å². The topological polar surface area (TPSA) is 24.9 Å². The van der Waals surface area contributed by atoms with Crippen molar-refractivity contribution in [2.24, 2.45) is 5.41 Å². The van der Waals surface area contributed by atoms with Crippen LogP contribution in [0.1, 0.15) is 46.2 Å². The molecule has 1 aromatic heterocycles. The molecule has 1 unspecified atom stereocenters. The van der Waals surface area contributed by atoms with Crippen LogP contribution in [-0.4, -0.2) is 17.6 Å². The summed E-state index contributed by atoms with van der Waals surface area (Å²) in [6, 6.07) is 4.71. The van der Waals surface area contributed by atoms with Crippen molar-refractivity contribution < 1.29 is 0 Å². The molecule has 1 aromatic rings. The van der Waals surface area contributed by atoms with Crippen molar-refractivity contribution in [2.75, 3.05) is 6.54 Å². The average Bonchev–Trinajstić information content (AvgIpc) is 2.30. The Labute approximate surface area is 120 Å². The number of aryl methyl sites for hydroxylation is 1. The van der Waals surface area contributed by atoms with Crippen LogP contribution >= 0.6 is 15.9 Å². The quantitative estimate of drug-likeness (QED) is 0.852. The fourth-order valence-corrected chi connectivity index (χ4v) is 2.24. The van der Waals surface area contributed by atoms with E-state index in [0.717, 1.165) is 23.9 Å². The van der Waals surface area contributed by atoms with Gasteiger partial charge >= 0.3 is 0 Å². The van der Waals surface area contributed by atoms with Crippen molar-refractivity contribution in [3.05, 3.63) is 28.5 Å². The van der Waals surface area contributed by atoms with E-state index in [9.17, 15) is 0 Å². The lowest BCUT2D eigenvalue weighted by molar-refractivity contribution is 0.255. The molecule has 0 aliphatic carbocycles. The van der Waals surface area contributed by atoms with E-state index in [4.69, 9.17) is 0 Å². The number of nitrogens with zero attached hydrogens (tertiary/aromatic N) is 1. The summed E-state index contributed by atoms with van der Waals surface area (Å²) in [4.78, 5) is 4.44. The Balaban J connectivity index is 2.53. The lowest BCUT2D eigenvalue weighted by Crippen LogP contribution is -2.41. The van der Waals surface area contributed by atoms with E-state index in [0.29, 0.717) is 11.5 Å². The van der Waals surface area contributed by atoms with Gasteiger partial charge in [-0.15, -0.1) is 0 Å². The number of pyridine rings is 1. The fourth-order valence-electron chi connectivity index (χ4n) is 2.01. The maximum Gasteiger partial charge on any atom is 0.0413 e. The predicted molar refractivity (Wildman–Crippen MR) is 81.8 cm³/mol. The molecule has 3 heteroatoms. The zero-order chi connectivity index (χ0) is 13.6. The Bertz CT molecular complexity index is 341. The largest absolute Gasteiger partial charge is 0.313 e. The van der Waals surface area contributed by atoms with Crippen LogP contribution in [0, 0.1) is 5.41 Å². The van der Waals surface area contributed by atoms with Crippen LogP contribution in [0.5, 0.6) is 0 Å². The van der Waals surface area contributed by atoms with Crippen LogP contribution in [0.3, 0.4) is 0 Å². The molecule has 0 fully saturated rings. The van der Waals surface area contributed by atoms with Gasteiger partial charge in [-0.05, 0) is 59.3 Å². The van der Waals surface area contributed by atoms with E-state index in [1.54, 1.807) is 0 Å². The molecule has 0 saturated heterocycles. The summed E-state index contributed by atoms with van der Waals surface area (Å²) in [7, 11) is 0. The molecule has 1 heterocycles. The number of nitrogens with one attached hydrogen (secondary N) is 1. The summed E-state index contributed by atoms with van der Waals surface area (Å²) in [6.07, 6.45) is 5.23. The minimum Gasteiger partial charge on any atom is -0.313 e. The Kier molecular flexibility index (Phi) is 6.30. The van der Waals surface area contributed by atoms with E-state index in [2.05, 4.69) is 66.1 Å². The van der Waals surface area contributed by atoms with Crippen LogP contribution < -0.4 is 5.32 Å². The third-order valence-electron chi connectivity index (χ3n) is 3.16. The molecule has 1 N–H and O–H groups in total. The minimum atomic E-state index is 0.296. The lowest BCUT2D eigenvalue weighted by atomic mass is 9.83. The summed E-state index contributed by atoms with van der Waals surface area (Å²) >= 11 is 3.42. The van der Waals surface area contributed by atoms with Crippen molar-refractivity contribution in [3.8, 4) is 0 Å². The standard InChI is InChI=1S/C15H25BrN2/c1-5-10-17-14(15(2,3)4)9-8-13-7-6-12(16)11-18-13/h6-7,11,14,17H,5,8-10H2,1-4H3. The zero-order valence-electron chi connectivity index (χ0n) is 12.0. The molecular formula is C15H25BrN2. The molecule has 0 spiro atoms. The monoisotopic (exact) mass is 312 g/mol. The highest BCUT2D eigenvalue weighted by molar-refractivity contribution is 9.10. The molecule has 1 rings (SSSR count). The number of halogens is 1. The van der Waals surface area contributed by atoms with Gasteiger partial charge < -0.3 is 5.32 Å². The van der Waals surface area contributed by atoms with Gasteiger partial charge in [0.05, 0.1) is 0 Å². The third-order valence-corrected chi connectivity index (χ3v) is 3.63. The highest BCUT2D eigenvalue weighted by Gasteiger charge is 2.23. The van der Waals surface area contributed by atoms with E-state index in [1.165, 1.54) is 12.1 Å². The fraction of sp³-hybridized carbons (Fsp3) is 0.667. The van der Waals surface area contributed by atoms with E-state index in [-0.39, 0.29) is 0 Å². The molecule has 2 nitrogen and oxygen atoms in total. The molecular weight excluding hydrogens is 288 g/mol. The minimum absolute atomic E-state index is 0.296. The highest BCUT2D eigenvalue weighted by Crippen LogP contribution is 2.23. The normalized spacial score (nSPS) is 13.6. The van der Waals surface area contributed by atoms with Gasteiger partial charge in [-0.2, -0.15) is 0 Å². The van der Waals surface area contributed by atoms with Crippen LogP contribution in [-0.2, 0) is 6.42 Å². The predicted octanol–water partition coefficient (Wildman–Crippen LogP) is 4.19. The summed E-state index contributed by atoms with van der Waals surface area (Å²) in [5, 5.41) is 3.65. The second-order valence-corrected chi connectivity index (χ2v) is 6.79. The molecule has 0 aliphatic heterocycles. The number of aromatic nitrogens is 1. The third kappa shape index (κ3) is 5.49. The Morgan fingerprint density at radius 2 is 2.06 bits per heavy atom. The van der Waals surface area contributed by atoms with Gasteiger partial charge in [0, 0.05) is 22.4 Å². The Hall–Kier alpha value is -0.410. The van der Waals surface area contributed by atoms with Crippen molar-refractivity contribution in [2.45, 2.75) is 53.0 Å². The molecule has 1 atom stereocenters. The van der Waals surface area contributed by atoms with Crippen molar-refractivity contribution in [1.82, 2.24) is 10.3 Å². The smallest absolute Gasteiger partial charge is 0.0413 e. The maximum atomic E-state index is 4.44. The van der Waals surface area contributed by atoms with Crippen molar-refractivity contribution in [3.63, 3.8) is 0 Å². The first-order chi connectivity index (χ1) is 8.43. The first kappa shape index (κ1) is 15.6. The van der Waals surface area contributed by atoms with Crippen LogP contribution in [0.2, 0.25) is 0 Å². The van der Waals surface area contributed by atoms with Gasteiger partial charge in [-0.25, -0.2) is 0 Å². The first-order valence-electron chi connectivity index (χ1n) is 6.77. The van der Waals surface area contributed by atoms with Crippen LogP contribution in [0.4, 0.5) is 0 Å². The number of hydrogen-bond donors (Lipinski definition) is 1. The van der Waals surface area contributed by atoms with Crippen LogP contribution in [0.15, 0.2) is 22.8 Å². The molecule has 0 aromatic carbocycles. The molecule has 0 saturated carbocycles. The van der Waals surface area contributed by atoms with Gasteiger partial charge in [0.1, 0.15) is 0 Å². The summed E-state index contributed by atoms with van der Waals surface area (Å²) in [6.45, 7) is 10.2. The van der Waals surface area contributed by atoms with Gasteiger partial charge in [-0.3, -0.25) is 4.98 Å².